The molecule has 3 aromatic rings. The molecule has 5 nitrogen and oxygen atoms in total. The zero-order valence-corrected chi connectivity index (χ0v) is 20.2. The summed E-state index contributed by atoms with van der Waals surface area (Å²) in [4.78, 5) is 6.51. The molecule has 5 atom stereocenters. The standard InChI is InChI=1S/C30H33NO4/c1-29-17-26-27(33-19-24-13-7-3-8-14-24)28(34-20-25-15-9-4-10-16-25)30(21-29,31(26)35-29)22-32-18-23-11-5-2-6-12-23/h2-16,26-28H,17-22H2,1H3/t26-,27-,28+,29+,30-/m0/s1. The van der Waals surface area contributed by atoms with Crippen molar-refractivity contribution in [1.29, 1.82) is 0 Å². The van der Waals surface area contributed by atoms with Gasteiger partial charge in [0.1, 0.15) is 17.7 Å². The Morgan fingerprint density at radius 1 is 0.771 bits per heavy atom. The van der Waals surface area contributed by atoms with E-state index in [4.69, 9.17) is 19.0 Å². The first-order chi connectivity index (χ1) is 17.2. The van der Waals surface area contributed by atoms with Crippen LogP contribution in [-0.2, 0) is 38.9 Å². The van der Waals surface area contributed by atoms with Gasteiger partial charge >= 0.3 is 0 Å². The monoisotopic (exact) mass is 471 g/mol. The van der Waals surface area contributed by atoms with Gasteiger partial charge in [0.25, 0.3) is 0 Å². The SMILES string of the molecule is C[C@@]12C[C@H]3[C@H](OCc4ccccc4)[C@@H](OCc4ccccc4)[C@@](COCc4ccccc4)(C1)N3O2. The highest BCUT2D eigenvalue weighted by Gasteiger charge is 2.73. The van der Waals surface area contributed by atoms with E-state index in [2.05, 4.69) is 72.7 Å². The quantitative estimate of drug-likeness (QED) is 0.402. The summed E-state index contributed by atoms with van der Waals surface area (Å²) in [6.45, 7) is 4.41. The van der Waals surface area contributed by atoms with E-state index in [0.717, 1.165) is 18.4 Å². The van der Waals surface area contributed by atoms with Crippen molar-refractivity contribution in [2.24, 2.45) is 0 Å². The summed E-state index contributed by atoms with van der Waals surface area (Å²) in [6, 6.07) is 31.2. The fraction of sp³-hybridized carbons (Fsp3) is 0.400. The lowest BCUT2D eigenvalue weighted by Crippen LogP contribution is -2.53. The summed E-state index contributed by atoms with van der Waals surface area (Å²) in [7, 11) is 0. The van der Waals surface area contributed by atoms with E-state index in [0.29, 0.717) is 26.4 Å². The second kappa shape index (κ2) is 9.49. The average Bonchev–Trinajstić information content (AvgIpc) is 3.43. The summed E-state index contributed by atoms with van der Waals surface area (Å²) in [5.41, 5.74) is 2.91. The van der Waals surface area contributed by atoms with Gasteiger partial charge in [0.05, 0.1) is 38.1 Å². The number of ether oxygens (including phenoxy) is 3. The number of nitrogens with zero attached hydrogens (tertiary/aromatic N) is 1. The Morgan fingerprint density at radius 3 is 1.89 bits per heavy atom. The molecule has 6 rings (SSSR count). The first-order valence-electron chi connectivity index (χ1n) is 12.6. The zero-order chi connectivity index (χ0) is 23.7. The largest absolute Gasteiger partial charge is 0.375 e. The van der Waals surface area contributed by atoms with Crippen molar-refractivity contribution in [3.8, 4) is 0 Å². The maximum atomic E-state index is 6.73. The minimum Gasteiger partial charge on any atom is -0.375 e. The number of hydrogen-bond donors (Lipinski definition) is 0. The van der Waals surface area contributed by atoms with Crippen molar-refractivity contribution in [1.82, 2.24) is 5.06 Å². The lowest BCUT2D eigenvalue weighted by molar-refractivity contribution is -0.194. The van der Waals surface area contributed by atoms with Gasteiger partial charge in [-0.15, -0.1) is 0 Å². The van der Waals surface area contributed by atoms with Gasteiger partial charge < -0.3 is 14.2 Å². The summed E-state index contributed by atoms with van der Waals surface area (Å²) in [5, 5.41) is 2.18. The lowest BCUT2D eigenvalue weighted by Gasteiger charge is -2.37. The average molecular weight is 472 g/mol. The topological polar surface area (TPSA) is 40.2 Å². The molecule has 3 saturated heterocycles. The van der Waals surface area contributed by atoms with E-state index in [-0.39, 0.29) is 29.4 Å². The number of rotatable bonds is 10. The molecule has 3 fully saturated rings. The highest BCUT2D eigenvalue weighted by atomic mass is 16.7. The molecule has 0 aliphatic carbocycles. The van der Waals surface area contributed by atoms with E-state index >= 15 is 0 Å². The molecule has 3 aromatic carbocycles. The molecule has 0 aromatic heterocycles. The molecule has 182 valence electrons. The maximum Gasteiger partial charge on any atom is 0.109 e. The van der Waals surface area contributed by atoms with Gasteiger partial charge in [-0.2, -0.15) is 5.06 Å². The molecule has 0 N–H and O–H groups in total. The second-order valence-electron chi connectivity index (χ2n) is 10.4. The molecule has 0 saturated carbocycles. The van der Waals surface area contributed by atoms with E-state index in [9.17, 15) is 0 Å². The normalized spacial score (nSPS) is 31.3. The Kier molecular flexibility index (Phi) is 6.21. The molecule has 3 aliphatic rings. The van der Waals surface area contributed by atoms with Gasteiger partial charge in [0.2, 0.25) is 0 Å². The van der Waals surface area contributed by atoms with Gasteiger partial charge in [-0.25, -0.2) is 0 Å². The Labute approximate surface area is 207 Å². The van der Waals surface area contributed by atoms with E-state index < -0.39 is 0 Å². The molecule has 3 aliphatic heterocycles. The van der Waals surface area contributed by atoms with Gasteiger partial charge in [-0.05, 0) is 30.0 Å². The van der Waals surface area contributed by atoms with E-state index in [1.54, 1.807) is 0 Å². The lowest BCUT2D eigenvalue weighted by atomic mass is 9.82. The van der Waals surface area contributed by atoms with E-state index in [1.807, 2.05) is 30.3 Å². The maximum absolute atomic E-state index is 6.73. The van der Waals surface area contributed by atoms with Gasteiger partial charge in [-0.3, -0.25) is 4.84 Å². The fourth-order valence-corrected chi connectivity index (χ4v) is 6.19. The van der Waals surface area contributed by atoms with Crippen LogP contribution >= 0.6 is 0 Å². The predicted octanol–water partition coefficient (Wildman–Crippen LogP) is 5.29. The number of hydroxylamine groups is 2. The van der Waals surface area contributed by atoms with Crippen LogP contribution in [0.2, 0.25) is 0 Å². The van der Waals surface area contributed by atoms with Gasteiger partial charge in [0.15, 0.2) is 0 Å². The molecule has 5 heteroatoms. The summed E-state index contributed by atoms with van der Waals surface area (Å²) >= 11 is 0. The molecule has 35 heavy (non-hydrogen) atoms. The Bertz CT molecular complexity index is 1110. The van der Waals surface area contributed by atoms with Crippen LogP contribution in [0.4, 0.5) is 0 Å². The minimum atomic E-state index is -0.372. The molecule has 2 bridgehead atoms. The summed E-state index contributed by atoms with van der Waals surface area (Å²) in [5.74, 6) is 0. The van der Waals surface area contributed by atoms with E-state index in [1.165, 1.54) is 11.1 Å². The molecule has 0 spiro atoms. The van der Waals surface area contributed by atoms with Crippen molar-refractivity contribution >= 4 is 0 Å². The third kappa shape index (κ3) is 4.44. The van der Waals surface area contributed by atoms with Crippen molar-refractivity contribution in [2.75, 3.05) is 6.61 Å². The Hall–Kier alpha value is -2.54. The smallest absolute Gasteiger partial charge is 0.109 e. The molecule has 3 heterocycles. The van der Waals surface area contributed by atoms with Crippen LogP contribution in [0.1, 0.15) is 36.5 Å². The third-order valence-corrected chi connectivity index (χ3v) is 7.61. The van der Waals surface area contributed by atoms with Gasteiger partial charge in [-0.1, -0.05) is 91.0 Å². The summed E-state index contributed by atoms with van der Waals surface area (Å²) in [6.07, 6.45) is 1.56. The number of benzene rings is 3. The number of piperidine rings is 1. The number of hydrogen-bond acceptors (Lipinski definition) is 5. The highest BCUT2D eigenvalue weighted by molar-refractivity contribution is 5.23. The van der Waals surface area contributed by atoms with Crippen LogP contribution in [0, 0.1) is 0 Å². The Balaban J connectivity index is 1.25. The minimum absolute atomic E-state index is 0.0939. The van der Waals surface area contributed by atoms with Crippen molar-refractivity contribution < 1.29 is 19.0 Å². The fourth-order valence-electron chi connectivity index (χ4n) is 6.19. The van der Waals surface area contributed by atoms with Crippen LogP contribution in [-0.4, -0.2) is 41.1 Å². The Morgan fingerprint density at radius 2 is 1.31 bits per heavy atom. The van der Waals surface area contributed by atoms with Crippen LogP contribution in [0.3, 0.4) is 0 Å². The second-order valence-corrected chi connectivity index (χ2v) is 10.4. The third-order valence-electron chi connectivity index (χ3n) is 7.61. The predicted molar refractivity (Wildman–Crippen MR) is 133 cm³/mol. The summed E-state index contributed by atoms with van der Waals surface area (Å²) < 4.78 is 19.7. The molecular weight excluding hydrogens is 438 g/mol. The highest BCUT2D eigenvalue weighted by Crippen LogP contribution is 2.59. The zero-order valence-electron chi connectivity index (χ0n) is 20.2. The number of fused-ring (bicyclic) bond motifs is 1. The molecule has 0 radical (unpaired) electrons. The van der Waals surface area contributed by atoms with Crippen LogP contribution in [0.15, 0.2) is 91.0 Å². The van der Waals surface area contributed by atoms with Gasteiger partial charge in [0, 0.05) is 6.42 Å². The first kappa shape index (κ1) is 22.9. The van der Waals surface area contributed by atoms with Crippen molar-refractivity contribution in [2.45, 2.75) is 69.0 Å². The molecule has 0 amide bonds. The van der Waals surface area contributed by atoms with Crippen LogP contribution in [0.5, 0.6) is 0 Å². The van der Waals surface area contributed by atoms with Crippen molar-refractivity contribution in [3.63, 3.8) is 0 Å². The van der Waals surface area contributed by atoms with Crippen molar-refractivity contribution in [3.05, 3.63) is 108 Å². The molecular formula is C30H33NO4. The van der Waals surface area contributed by atoms with Crippen LogP contribution < -0.4 is 0 Å². The molecule has 0 unspecified atom stereocenters. The van der Waals surface area contributed by atoms with Crippen LogP contribution in [0.25, 0.3) is 0 Å². The first-order valence-corrected chi connectivity index (χ1v) is 12.6.